The van der Waals surface area contributed by atoms with Gasteiger partial charge in [-0.3, -0.25) is 14.4 Å². The van der Waals surface area contributed by atoms with E-state index >= 15 is 0 Å². The maximum atomic E-state index is 13.6. The molecule has 0 aromatic heterocycles. The van der Waals surface area contributed by atoms with Gasteiger partial charge >= 0.3 is 5.97 Å². The molecule has 236 valence electrons. The number of hydrogen-bond acceptors (Lipinski definition) is 6. The van der Waals surface area contributed by atoms with E-state index in [2.05, 4.69) is 21.9 Å². The number of carbonyl (C=O) groups is 3. The summed E-state index contributed by atoms with van der Waals surface area (Å²) < 4.78 is 81.3. The molecule has 13 heteroatoms. The number of benzene rings is 3. The van der Waals surface area contributed by atoms with Crippen LogP contribution in [0.5, 0.6) is 5.75 Å². The summed E-state index contributed by atoms with van der Waals surface area (Å²) in [5, 5.41) is 2.66. The topological polar surface area (TPSA) is 94.2 Å². The van der Waals surface area contributed by atoms with Crippen LogP contribution < -0.4 is 15.0 Å². The van der Waals surface area contributed by atoms with Crippen molar-refractivity contribution in [3.8, 4) is 17.6 Å². The van der Waals surface area contributed by atoms with Crippen LogP contribution in [0.2, 0.25) is 0 Å². The lowest BCUT2D eigenvalue weighted by Crippen LogP contribution is -2.34. The molecule has 0 spiro atoms. The number of amides is 2. The van der Waals surface area contributed by atoms with Gasteiger partial charge in [-0.25, -0.2) is 13.2 Å². The Morgan fingerprint density at radius 1 is 0.711 bits per heavy atom. The largest absolute Gasteiger partial charge is 0.420 e. The Bertz CT molecular complexity index is 1610. The molecule has 0 saturated carbocycles. The van der Waals surface area contributed by atoms with Crippen LogP contribution in [0, 0.1) is 40.9 Å². The molecule has 0 atom stereocenters. The lowest BCUT2D eigenvalue weighted by molar-refractivity contribution is -0.136. The SMILES string of the molecule is O=C(CCC(=O)N1Cc2ccccc2C#Cc2ccccc21)NCCOCCOCCC(=O)Oc1c(F)c(F)c(F)c(F)c1F. The third kappa shape index (κ3) is 8.65. The van der Waals surface area contributed by atoms with Crippen molar-refractivity contribution in [3.63, 3.8) is 0 Å². The first kappa shape index (κ1) is 33.1. The van der Waals surface area contributed by atoms with Gasteiger partial charge in [-0.05, 0) is 23.8 Å². The lowest BCUT2D eigenvalue weighted by Gasteiger charge is -2.26. The van der Waals surface area contributed by atoms with Gasteiger partial charge in [0.05, 0.1) is 45.1 Å². The number of ether oxygens (including phenoxy) is 3. The molecule has 1 heterocycles. The molecule has 45 heavy (non-hydrogen) atoms. The second-order valence-corrected chi connectivity index (χ2v) is 9.60. The summed E-state index contributed by atoms with van der Waals surface area (Å²) >= 11 is 0. The van der Waals surface area contributed by atoms with Gasteiger partial charge in [0, 0.05) is 30.5 Å². The monoisotopic (exact) mass is 630 g/mol. The Morgan fingerprint density at radius 3 is 2.04 bits per heavy atom. The minimum atomic E-state index is -2.37. The Kier molecular flexibility index (Phi) is 11.6. The van der Waals surface area contributed by atoms with E-state index in [1.807, 2.05) is 48.5 Å². The first-order valence-corrected chi connectivity index (χ1v) is 13.8. The predicted molar refractivity (Wildman–Crippen MR) is 150 cm³/mol. The maximum absolute atomic E-state index is 13.6. The number of anilines is 1. The predicted octanol–water partition coefficient (Wildman–Crippen LogP) is 4.55. The fourth-order valence-electron chi connectivity index (χ4n) is 4.23. The van der Waals surface area contributed by atoms with Gasteiger partial charge in [0.25, 0.3) is 0 Å². The second kappa shape index (κ2) is 15.8. The van der Waals surface area contributed by atoms with E-state index in [-0.39, 0.29) is 57.6 Å². The van der Waals surface area contributed by atoms with Crippen LogP contribution in [0.25, 0.3) is 0 Å². The van der Waals surface area contributed by atoms with E-state index in [1.165, 1.54) is 0 Å². The first-order valence-electron chi connectivity index (χ1n) is 13.8. The van der Waals surface area contributed by atoms with Crippen LogP contribution >= 0.6 is 0 Å². The summed E-state index contributed by atoms with van der Waals surface area (Å²) in [7, 11) is 0. The van der Waals surface area contributed by atoms with E-state index < -0.39 is 47.2 Å². The van der Waals surface area contributed by atoms with E-state index in [1.54, 1.807) is 4.90 Å². The summed E-state index contributed by atoms with van der Waals surface area (Å²) in [5.41, 5.74) is 3.14. The second-order valence-electron chi connectivity index (χ2n) is 9.60. The third-order valence-corrected chi connectivity index (χ3v) is 6.52. The van der Waals surface area contributed by atoms with Gasteiger partial charge in [0.2, 0.25) is 46.6 Å². The first-order chi connectivity index (χ1) is 21.7. The fourth-order valence-corrected chi connectivity index (χ4v) is 4.23. The number of fused-ring (bicyclic) bond motifs is 2. The van der Waals surface area contributed by atoms with Crippen LogP contribution in [0.4, 0.5) is 27.6 Å². The van der Waals surface area contributed by atoms with Crippen molar-refractivity contribution in [2.75, 3.05) is 37.9 Å². The molecule has 0 unspecified atom stereocenters. The Morgan fingerprint density at radius 2 is 1.31 bits per heavy atom. The highest BCUT2D eigenvalue weighted by Crippen LogP contribution is 2.29. The molecule has 2 amide bonds. The molecule has 1 aliphatic rings. The fraction of sp³-hybridized carbons (Fsp3) is 0.281. The molecule has 3 aromatic carbocycles. The Hall–Kier alpha value is -4.80. The van der Waals surface area contributed by atoms with E-state index in [0.29, 0.717) is 12.2 Å². The van der Waals surface area contributed by atoms with Crippen LogP contribution in [0.3, 0.4) is 0 Å². The quantitative estimate of drug-likeness (QED) is 0.0567. The molecule has 0 radical (unpaired) electrons. The van der Waals surface area contributed by atoms with Gasteiger partial charge in [0.15, 0.2) is 0 Å². The summed E-state index contributed by atoms with van der Waals surface area (Å²) in [6.45, 7) is 0.409. The van der Waals surface area contributed by atoms with E-state index in [9.17, 15) is 36.3 Å². The number of nitrogens with zero attached hydrogens (tertiary/aromatic N) is 1. The molecular formula is C32H27F5N2O6. The zero-order valence-electron chi connectivity index (χ0n) is 23.8. The normalized spacial score (nSPS) is 11.8. The molecular weight excluding hydrogens is 603 g/mol. The smallest absolute Gasteiger partial charge is 0.313 e. The highest BCUT2D eigenvalue weighted by molar-refractivity contribution is 5.96. The van der Waals surface area contributed by atoms with Crippen LogP contribution in [-0.2, 0) is 30.4 Å². The number of para-hydroxylation sites is 1. The summed E-state index contributed by atoms with van der Waals surface area (Å²) in [4.78, 5) is 38.9. The lowest BCUT2D eigenvalue weighted by atomic mass is 10.0. The number of carbonyl (C=O) groups excluding carboxylic acids is 3. The number of hydrogen-bond donors (Lipinski definition) is 1. The number of nitrogens with one attached hydrogen (secondary N) is 1. The third-order valence-electron chi connectivity index (χ3n) is 6.52. The van der Waals surface area contributed by atoms with Crippen molar-refractivity contribution in [1.29, 1.82) is 0 Å². The zero-order valence-corrected chi connectivity index (χ0v) is 23.8. The van der Waals surface area contributed by atoms with Gasteiger partial charge in [-0.1, -0.05) is 42.2 Å². The molecule has 0 fully saturated rings. The van der Waals surface area contributed by atoms with Crippen molar-refractivity contribution in [2.24, 2.45) is 0 Å². The number of halogens is 5. The molecule has 0 aliphatic carbocycles. The highest BCUT2D eigenvalue weighted by atomic mass is 19.2. The average molecular weight is 631 g/mol. The van der Waals surface area contributed by atoms with Crippen molar-refractivity contribution in [3.05, 3.63) is 94.3 Å². The molecule has 1 N–H and O–H groups in total. The van der Waals surface area contributed by atoms with Crippen molar-refractivity contribution < 1.29 is 50.5 Å². The van der Waals surface area contributed by atoms with Gasteiger partial charge in [-0.2, -0.15) is 8.78 Å². The van der Waals surface area contributed by atoms with Gasteiger partial charge in [0.1, 0.15) is 0 Å². The molecule has 8 nitrogen and oxygen atoms in total. The minimum Gasteiger partial charge on any atom is -0.420 e. The van der Waals surface area contributed by atoms with Crippen LogP contribution in [-0.4, -0.2) is 50.8 Å². The van der Waals surface area contributed by atoms with Crippen molar-refractivity contribution in [2.45, 2.75) is 25.8 Å². The number of rotatable bonds is 13. The summed E-state index contributed by atoms with van der Waals surface area (Å²) in [5.74, 6) is -8.57. The molecule has 4 rings (SSSR count). The highest BCUT2D eigenvalue weighted by Gasteiger charge is 2.28. The standard InChI is InChI=1S/C32H27F5N2O6/c33-27-28(34)30(36)32(31(37)29(27)35)45-26(42)13-15-43-17-18-44-16-14-38-24(40)11-12-25(41)39-19-22-7-2-1-5-20(22)9-10-21-6-3-4-8-23(21)39/h1-8H,11-19H2,(H,38,40). The Labute approximate surface area is 255 Å². The molecule has 3 aromatic rings. The summed E-state index contributed by atoms with van der Waals surface area (Å²) in [6, 6.07) is 14.9. The zero-order chi connectivity index (χ0) is 32.3. The van der Waals surface area contributed by atoms with Crippen LogP contribution in [0.1, 0.15) is 36.0 Å². The van der Waals surface area contributed by atoms with Crippen LogP contribution in [0.15, 0.2) is 48.5 Å². The molecule has 0 bridgehead atoms. The van der Waals surface area contributed by atoms with E-state index in [4.69, 9.17) is 9.47 Å². The van der Waals surface area contributed by atoms with E-state index in [0.717, 1.165) is 16.7 Å². The molecule has 1 aliphatic heterocycles. The van der Waals surface area contributed by atoms with Crippen molar-refractivity contribution >= 4 is 23.5 Å². The molecule has 0 saturated heterocycles. The van der Waals surface area contributed by atoms with Gasteiger partial charge < -0.3 is 24.4 Å². The minimum absolute atomic E-state index is 0.00305. The van der Waals surface area contributed by atoms with Crippen molar-refractivity contribution in [1.82, 2.24) is 5.32 Å². The maximum Gasteiger partial charge on any atom is 0.313 e. The van der Waals surface area contributed by atoms with Gasteiger partial charge in [-0.15, -0.1) is 0 Å². The summed E-state index contributed by atoms with van der Waals surface area (Å²) in [6.07, 6.45) is -0.580. The average Bonchev–Trinajstić information content (AvgIpc) is 3.04. The number of esters is 1. The Balaban J connectivity index is 1.10.